The first-order chi connectivity index (χ1) is 14.6. The Kier molecular flexibility index (Phi) is 6.86. The summed E-state index contributed by atoms with van der Waals surface area (Å²) in [5.41, 5.74) is 1.30. The minimum Gasteiger partial charge on any atom is -0.489 e. The maximum atomic E-state index is 13.5. The smallest absolute Gasteiger partial charge is 0.163 e. The molecule has 9 heteroatoms. The lowest BCUT2D eigenvalue weighted by molar-refractivity contribution is 0.0668. The van der Waals surface area contributed by atoms with Gasteiger partial charge in [-0.05, 0) is 37.1 Å². The second-order valence-electron chi connectivity index (χ2n) is 6.78. The molecule has 0 saturated carbocycles. The van der Waals surface area contributed by atoms with E-state index in [1.165, 1.54) is 18.5 Å². The Morgan fingerprint density at radius 2 is 2.07 bits per heavy atom. The Morgan fingerprint density at radius 3 is 2.83 bits per heavy atom. The monoisotopic (exact) mass is 495 g/mol. The molecule has 1 aliphatic heterocycles. The highest BCUT2D eigenvalue weighted by Crippen LogP contribution is 2.35. The Balaban J connectivity index is 1.65. The number of benzene rings is 2. The Morgan fingerprint density at radius 1 is 1.20 bits per heavy atom. The van der Waals surface area contributed by atoms with Crippen LogP contribution in [0, 0.1) is 5.82 Å². The molecule has 4 rings (SSSR count). The van der Waals surface area contributed by atoms with Crippen molar-refractivity contribution in [2.45, 2.75) is 18.9 Å². The summed E-state index contributed by atoms with van der Waals surface area (Å²) in [6, 6.07) is 8.08. The number of nitrogens with one attached hydrogen (secondary N) is 1. The molecule has 3 aromatic rings. The van der Waals surface area contributed by atoms with Gasteiger partial charge in [0.1, 0.15) is 24.6 Å². The van der Waals surface area contributed by atoms with Gasteiger partial charge in [-0.2, -0.15) is 0 Å². The SMILES string of the molecule is Fc1ccc(Nc2ncnc3cc(OC[C@H]4CCCO4)c(OCCBr)cc23)cc1Cl. The highest BCUT2D eigenvalue weighted by atomic mass is 79.9. The fraction of sp³-hybridized carbons (Fsp3) is 0.333. The predicted octanol–water partition coefficient (Wildman–Crippen LogP) is 5.50. The zero-order chi connectivity index (χ0) is 20.9. The van der Waals surface area contributed by atoms with Crippen molar-refractivity contribution in [3.05, 3.63) is 47.5 Å². The Bertz CT molecular complexity index is 1030. The molecule has 0 aliphatic carbocycles. The standard InChI is InChI=1S/C21H20BrClFN3O3/c22-5-7-29-19-9-15-18(10-20(19)30-11-14-2-1-6-28-14)25-12-26-21(15)27-13-3-4-17(24)16(23)8-13/h3-4,8-10,12,14H,1-2,5-7,11H2,(H,25,26,27)/t14-/m1/s1. The molecule has 1 N–H and O–H groups in total. The highest BCUT2D eigenvalue weighted by molar-refractivity contribution is 9.09. The van der Waals surface area contributed by atoms with Crippen LogP contribution in [0.4, 0.5) is 15.9 Å². The average molecular weight is 497 g/mol. The molecule has 1 saturated heterocycles. The van der Waals surface area contributed by atoms with Gasteiger partial charge in [-0.1, -0.05) is 27.5 Å². The minimum atomic E-state index is -0.478. The molecule has 0 radical (unpaired) electrons. The number of alkyl halides is 1. The summed E-state index contributed by atoms with van der Waals surface area (Å²) < 4.78 is 31.0. The molecule has 2 aromatic carbocycles. The van der Waals surface area contributed by atoms with E-state index in [9.17, 15) is 4.39 Å². The first-order valence-electron chi connectivity index (χ1n) is 9.58. The van der Waals surface area contributed by atoms with E-state index >= 15 is 0 Å². The minimum absolute atomic E-state index is 0.0320. The average Bonchev–Trinajstić information content (AvgIpc) is 3.27. The number of fused-ring (bicyclic) bond motifs is 1. The van der Waals surface area contributed by atoms with E-state index in [1.54, 1.807) is 6.07 Å². The van der Waals surface area contributed by atoms with E-state index in [0.29, 0.717) is 47.1 Å². The zero-order valence-electron chi connectivity index (χ0n) is 16.0. The lowest BCUT2D eigenvalue weighted by atomic mass is 10.2. The van der Waals surface area contributed by atoms with Crippen molar-refractivity contribution in [3.63, 3.8) is 0 Å². The van der Waals surface area contributed by atoms with Crippen LogP contribution in [0.2, 0.25) is 5.02 Å². The molecule has 0 amide bonds. The van der Waals surface area contributed by atoms with E-state index in [2.05, 4.69) is 31.2 Å². The van der Waals surface area contributed by atoms with E-state index in [4.69, 9.17) is 25.8 Å². The summed E-state index contributed by atoms with van der Waals surface area (Å²) in [5.74, 6) is 1.27. The third kappa shape index (κ3) is 4.94. The number of nitrogens with zero attached hydrogens (tertiary/aromatic N) is 2. The zero-order valence-corrected chi connectivity index (χ0v) is 18.4. The van der Waals surface area contributed by atoms with Crippen molar-refractivity contribution >= 4 is 49.9 Å². The van der Waals surface area contributed by atoms with Crippen molar-refractivity contribution in [1.29, 1.82) is 0 Å². The maximum absolute atomic E-state index is 13.5. The summed E-state index contributed by atoms with van der Waals surface area (Å²) in [5, 5.41) is 4.62. The van der Waals surface area contributed by atoms with Gasteiger partial charge in [0, 0.05) is 29.1 Å². The van der Waals surface area contributed by atoms with Crippen LogP contribution in [-0.2, 0) is 4.74 Å². The number of ether oxygens (including phenoxy) is 3. The van der Waals surface area contributed by atoms with Crippen LogP contribution >= 0.6 is 27.5 Å². The van der Waals surface area contributed by atoms with Crippen LogP contribution in [0.25, 0.3) is 10.9 Å². The van der Waals surface area contributed by atoms with Gasteiger partial charge in [0.2, 0.25) is 0 Å². The van der Waals surface area contributed by atoms with Gasteiger partial charge in [-0.3, -0.25) is 0 Å². The van der Waals surface area contributed by atoms with Crippen LogP contribution < -0.4 is 14.8 Å². The van der Waals surface area contributed by atoms with Gasteiger partial charge in [-0.15, -0.1) is 0 Å². The number of hydrogen-bond donors (Lipinski definition) is 1. The van der Waals surface area contributed by atoms with Gasteiger partial charge in [0.25, 0.3) is 0 Å². The van der Waals surface area contributed by atoms with E-state index in [0.717, 1.165) is 24.8 Å². The fourth-order valence-corrected chi connectivity index (χ4v) is 3.55. The largest absolute Gasteiger partial charge is 0.489 e. The molecule has 6 nitrogen and oxygen atoms in total. The van der Waals surface area contributed by atoms with Gasteiger partial charge in [0.15, 0.2) is 11.5 Å². The van der Waals surface area contributed by atoms with Crippen molar-refractivity contribution in [3.8, 4) is 11.5 Å². The molecule has 0 spiro atoms. The van der Waals surface area contributed by atoms with Crippen molar-refractivity contribution < 1.29 is 18.6 Å². The topological polar surface area (TPSA) is 65.5 Å². The van der Waals surface area contributed by atoms with E-state index in [-0.39, 0.29) is 11.1 Å². The third-order valence-electron chi connectivity index (χ3n) is 4.67. The summed E-state index contributed by atoms with van der Waals surface area (Å²) in [6.45, 7) is 1.71. The highest BCUT2D eigenvalue weighted by Gasteiger charge is 2.18. The van der Waals surface area contributed by atoms with E-state index in [1.807, 2.05) is 12.1 Å². The van der Waals surface area contributed by atoms with Gasteiger partial charge in [-0.25, -0.2) is 14.4 Å². The number of rotatable bonds is 8. The molecule has 1 atom stereocenters. The molecule has 0 unspecified atom stereocenters. The van der Waals surface area contributed by atoms with Crippen LogP contribution in [-0.4, -0.2) is 41.2 Å². The molecule has 1 aromatic heterocycles. The van der Waals surface area contributed by atoms with Crippen LogP contribution in [0.5, 0.6) is 11.5 Å². The van der Waals surface area contributed by atoms with Crippen LogP contribution in [0.15, 0.2) is 36.7 Å². The second-order valence-corrected chi connectivity index (χ2v) is 7.98. The summed E-state index contributed by atoms with van der Waals surface area (Å²) in [7, 11) is 0. The number of anilines is 2. The van der Waals surface area contributed by atoms with Crippen molar-refractivity contribution in [1.82, 2.24) is 9.97 Å². The molecule has 0 bridgehead atoms. The number of aromatic nitrogens is 2. The molecule has 158 valence electrons. The second kappa shape index (κ2) is 9.76. The first-order valence-corrected chi connectivity index (χ1v) is 11.1. The predicted molar refractivity (Wildman–Crippen MR) is 118 cm³/mol. The Hall–Kier alpha value is -2.16. The van der Waals surface area contributed by atoms with Gasteiger partial charge < -0.3 is 19.5 Å². The lowest BCUT2D eigenvalue weighted by Gasteiger charge is -2.17. The van der Waals surface area contributed by atoms with Crippen LogP contribution in [0.1, 0.15) is 12.8 Å². The fourth-order valence-electron chi connectivity index (χ4n) is 3.21. The molecule has 2 heterocycles. The Labute approximate surface area is 186 Å². The van der Waals surface area contributed by atoms with E-state index < -0.39 is 5.82 Å². The first kappa shape index (κ1) is 21.1. The lowest BCUT2D eigenvalue weighted by Crippen LogP contribution is -2.16. The molecular formula is C21H20BrClFN3O3. The molecular weight excluding hydrogens is 477 g/mol. The molecule has 30 heavy (non-hydrogen) atoms. The quantitative estimate of drug-likeness (QED) is 0.416. The summed E-state index contributed by atoms with van der Waals surface area (Å²) in [6.07, 6.45) is 3.59. The number of halogens is 3. The summed E-state index contributed by atoms with van der Waals surface area (Å²) >= 11 is 9.27. The molecule has 1 aliphatic rings. The van der Waals surface area contributed by atoms with Crippen molar-refractivity contribution in [2.75, 3.05) is 30.5 Å². The normalized spacial score (nSPS) is 16.0. The third-order valence-corrected chi connectivity index (χ3v) is 5.28. The van der Waals surface area contributed by atoms with Gasteiger partial charge >= 0.3 is 0 Å². The molecule has 1 fully saturated rings. The number of hydrogen-bond acceptors (Lipinski definition) is 6. The van der Waals surface area contributed by atoms with Crippen molar-refractivity contribution in [2.24, 2.45) is 0 Å². The van der Waals surface area contributed by atoms with Gasteiger partial charge in [0.05, 0.1) is 23.3 Å². The maximum Gasteiger partial charge on any atom is 0.163 e. The summed E-state index contributed by atoms with van der Waals surface area (Å²) in [4.78, 5) is 8.69. The van der Waals surface area contributed by atoms with Crippen LogP contribution in [0.3, 0.4) is 0 Å².